The maximum atomic E-state index is 10.6. The van der Waals surface area contributed by atoms with Gasteiger partial charge in [0, 0.05) is 36.7 Å². The van der Waals surface area contributed by atoms with Gasteiger partial charge in [0.05, 0.1) is 45.2 Å². The zero-order valence-corrected chi connectivity index (χ0v) is 38.9. The molecule has 0 aromatic heterocycles. The summed E-state index contributed by atoms with van der Waals surface area (Å²) in [4.78, 5) is 13.0. The van der Waals surface area contributed by atoms with Crippen LogP contribution in [0.3, 0.4) is 0 Å². The lowest BCUT2D eigenvalue weighted by molar-refractivity contribution is -0.117. The van der Waals surface area contributed by atoms with Crippen molar-refractivity contribution in [2.75, 3.05) is 52.4 Å². The Labute approximate surface area is 361 Å². The largest absolute Gasteiger partial charge is 0.490 e. The van der Waals surface area contributed by atoms with Crippen molar-refractivity contribution in [3.8, 4) is 23.8 Å². The normalized spacial score (nSPS) is 13.8. The molecular weight excluding hydrogens is 838 g/mol. The predicted molar refractivity (Wildman–Crippen MR) is 234 cm³/mol. The number of aliphatic hydroxyl groups is 2. The zero-order chi connectivity index (χ0) is 44.4. The summed E-state index contributed by atoms with van der Waals surface area (Å²) in [7, 11) is -3.28. The molecular formula is C41H62Cl4N2O9S. The van der Waals surface area contributed by atoms with Gasteiger partial charge in [-0.2, -0.15) is 8.42 Å². The van der Waals surface area contributed by atoms with Crippen LogP contribution < -0.4 is 14.8 Å². The van der Waals surface area contributed by atoms with Crippen LogP contribution >= 0.6 is 46.4 Å². The molecule has 2 unspecified atom stereocenters. The number of hydrogen-bond donors (Lipinski definition) is 3. The van der Waals surface area contributed by atoms with Gasteiger partial charge in [-0.1, -0.05) is 65.8 Å². The molecule has 1 heterocycles. The van der Waals surface area contributed by atoms with E-state index in [1.54, 1.807) is 45.0 Å². The Morgan fingerprint density at radius 2 is 1.35 bits per heavy atom. The van der Waals surface area contributed by atoms with E-state index in [0.717, 1.165) is 17.4 Å². The van der Waals surface area contributed by atoms with Gasteiger partial charge in [0.2, 0.25) is 5.91 Å². The smallest absolute Gasteiger partial charge is 0.264 e. The number of benzene rings is 2. The van der Waals surface area contributed by atoms with E-state index in [1.807, 2.05) is 27.7 Å². The summed E-state index contributed by atoms with van der Waals surface area (Å²) in [5.41, 5.74) is 1.35. The van der Waals surface area contributed by atoms with Crippen molar-refractivity contribution in [2.24, 2.45) is 5.92 Å². The van der Waals surface area contributed by atoms with E-state index in [-0.39, 0.29) is 49.5 Å². The van der Waals surface area contributed by atoms with E-state index >= 15 is 0 Å². The van der Waals surface area contributed by atoms with Crippen LogP contribution in [0.15, 0.2) is 36.9 Å². The minimum atomic E-state index is -3.28. The molecule has 0 saturated carbocycles. The molecule has 1 aliphatic heterocycles. The lowest BCUT2D eigenvalue weighted by atomic mass is 10.0. The topological polar surface area (TPSA) is 144 Å². The summed E-state index contributed by atoms with van der Waals surface area (Å²) < 4.78 is 41.7. The minimum absolute atomic E-state index is 0.00700. The van der Waals surface area contributed by atoms with Gasteiger partial charge in [-0.25, -0.2) is 0 Å². The maximum Gasteiger partial charge on any atom is 0.264 e. The number of nitrogens with one attached hydrogen (secondary N) is 1. The molecule has 2 atom stereocenters. The predicted octanol–water partition coefficient (Wildman–Crippen LogP) is 8.24. The highest BCUT2D eigenvalue weighted by Gasteiger charge is 2.29. The highest BCUT2D eigenvalue weighted by atomic mass is 35.5. The fraction of sp³-hybridized carbons (Fsp3) is 0.585. The zero-order valence-electron chi connectivity index (χ0n) is 35.1. The molecule has 1 saturated heterocycles. The maximum absolute atomic E-state index is 10.6. The molecule has 0 aliphatic carbocycles. The molecule has 3 N–H and O–H groups in total. The molecule has 2 aromatic carbocycles. The number of carbonyl (C=O) groups is 1. The summed E-state index contributed by atoms with van der Waals surface area (Å²) in [6.45, 7) is 25.8. The number of halogens is 4. The van der Waals surface area contributed by atoms with Crippen LogP contribution in [0.2, 0.25) is 20.1 Å². The van der Waals surface area contributed by atoms with Gasteiger partial charge in [-0.05, 0) is 110 Å². The van der Waals surface area contributed by atoms with Crippen molar-refractivity contribution in [1.29, 1.82) is 0 Å². The summed E-state index contributed by atoms with van der Waals surface area (Å²) in [5.74, 6) is 2.80. The van der Waals surface area contributed by atoms with E-state index in [2.05, 4.69) is 47.7 Å². The Morgan fingerprint density at radius 3 is 1.61 bits per heavy atom. The molecule has 11 nitrogen and oxygen atoms in total. The second kappa shape index (κ2) is 25.4. The Morgan fingerprint density at radius 1 is 0.912 bits per heavy atom. The molecule has 3 rings (SSSR count). The standard InChI is InChI=1S/C23H24Cl4O5.C7H13NO.C6H13N.C5H12O3S/c1-3-4-30-12-17(29)13-32-23-20(26)8-16(9-21(23)27)5-15-6-18(24)22(19(25)7-15)31-11-14(2)10-28;1-5-6(9)8-7(2,3)4;1-6(2,3)7-4-5-7;1-5(2,3)8-9(4,6)7/h1,6-9,14,17,28-29H,4-5,10-13H2,2H3;5H,1H2,2-4H3,(H,8,9);4-5H2,1-3H3;1-4H3. The van der Waals surface area contributed by atoms with Gasteiger partial charge < -0.3 is 29.7 Å². The van der Waals surface area contributed by atoms with Gasteiger partial charge in [-0.3, -0.25) is 13.9 Å². The first-order chi connectivity index (χ1) is 26.0. The summed E-state index contributed by atoms with van der Waals surface area (Å²) in [6.07, 6.45) is 6.99. The monoisotopic (exact) mass is 898 g/mol. The first-order valence-corrected chi connectivity index (χ1v) is 21.5. The number of carbonyl (C=O) groups excluding carboxylic acids is 1. The lowest BCUT2D eigenvalue weighted by Gasteiger charge is -2.18. The molecule has 1 aliphatic rings. The van der Waals surface area contributed by atoms with E-state index in [1.165, 1.54) is 19.2 Å². The van der Waals surface area contributed by atoms with Crippen LogP contribution in [0.25, 0.3) is 0 Å². The van der Waals surface area contributed by atoms with Crippen molar-refractivity contribution in [1.82, 2.24) is 10.2 Å². The molecule has 0 radical (unpaired) electrons. The Kier molecular flexibility index (Phi) is 24.4. The van der Waals surface area contributed by atoms with Crippen LogP contribution in [0.5, 0.6) is 11.5 Å². The van der Waals surface area contributed by atoms with Crippen molar-refractivity contribution in [3.63, 3.8) is 0 Å². The third-order valence-electron chi connectivity index (χ3n) is 6.74. The summed E-state index contributed by atoms with van der Waals surface area (Å²) in [5, 5.41) is 23.1. The number of hydrogen-bond acceptors (Lipinski definition) is 10. The van der Waals surface area contributed by atoms with Crippen molar-refractivity contribution in [3.05, 3.63) is 68.1 Å². The number of amides is 1. The SMILES string of the molecule is C#CCOCC(O)COc1c(Cl)cc(Cc2cc(Cl)c(OCC(C)CO)c(Cl)c2)cc1Cl.C=CC(=O)NC(C)(C)C.CC(C)(C)N1CC1.CC(C)(C)OS(C)(=O)=O. The Hall–Kier alpha value is -2.28. The highest BCUT2D eigenvalue weighted by Crippen LogP contribution is 2.38. The molecule has 16 heteroatoms. The van der Waals surface area contributed by atoms with Gasteiger partial charge in [0.15, 0.2) is 11.5 Å². The van der Waals surface area contributed by atoms with Crippen molar-refractivity contribution >= 4 is 62.4 Å². The molecule has 1 fully saturated rings. The third-order valence-corrected chi connectivity index (χ3v) is 8.67. The highest BCUT2D eigenvalue weighted by molar-refractivity contribution is 7.86. The third kappa shape index (κ3) is 27.2. The van der Waals surface area contributed by atoms with Crippen molar-refractivity contribution in [2.45, 2.75) is 98.4 Å². The van der Waals surface area contributed by atoms with Crippen LogP contribution in [0.1, 0.15) is 80.4 Å². The Bertz CT molecular complexity index is 1660. The average molecular weight is 901 g/mol. The molecule has 0 spiro atoms. The van der Waals surface area contributed by atoms with Gasteiger partial charge >= 0.3 is 0 Å². The van der Waals surface area contributed by atoms with Gasteiger partial charge in [-0.15, -0.1) is 6.42 Å². The molecule has 324 valence electrons. The number of nitrogens with zero attached hydrogens (tertiary/aromatic N) is 1. The van der Waals surface area contributed by atoms with Crippen molar-refractivity contribution < 1.29 is 41.8 Å². The second-order valence-corrected chi connectivity index (χ2v) is 19.4. The first kappa shape index (κ1) is 54.7. The number of rotatable bonds is 14. The fourth-order valence-corrected chi connectivity index (χ4v) is 6.49. The minimum Gasteiger partial charge on any atom is -0.490 e. The van der Waals surface area contributed by atoms with Gasteiger partial charge in [0.25, 0.3) is 10.1 Å². The second-order valence-electron chi connectivity index (χ2n) is 16.2. The average Bonchev–Trinajstić information content (AvgIpc) is 3.89. The number of terminal acetylenes is 1. The number of ether oxygens (including phenoxy) is 3. The Balaban J connectivity index is 0.00000100. The summed E-state index contributed by atoms with van der Waals surface area (Å²) in [6, 6.07) is 6.95. The molecule has 0 bridgehead atoms. The number of aliphatic hydroxyl groups excluding tert-OH is 2. The van der Waals surface area contributed by atoms with E-state index < -0.39 is 21.8 Å². The molecule has 2 aromatic rings. The van der Waals surface area contributed by atoms with Crippen LogP contribution in [-0.2, 0) is 30.3 Å². The van der Waals surface area contributed by atoms with Crippen LogP contribution in [0, 0.1) is 18.3 Å². The first-order valence-electron chi connectivity index (χ1n) is 18.1. The van der Waals surface area contributed by atoms with E-state index in [9.17, 15) is 18.3 Å². The van der Waals surface area contributed by atoms with Crippen LogP contribution in [0.4, 0.5) is 0 Å². The molecule has 57 heavy (non-hydrogen) atoms. The fourth-order valence-electron chi connectivity index (χ4n) is 4.30. The quantitative estimate of drug-likeness (QED) is 0.0558. The van der Waals surface area contributed by atoms with E-state index in [4.69, 9.17) is 72.1 Å². The van der Waals surface area contributed by atoms with Gasteiger partial charge in [0.1, 0.15) is 19.3 Å². The molecule has 1 amide bonds. The van der Waals surface area contributed by atoms with Crippen LogP contribution in [-0.4, -0.2) is 105 Å². The lowest BCUT2D eigenvalue weighted by Crippen LogP contribution is -2.39. The van der Waals surface area contributed by atoms with E-state index in [0.29, 0.717) is 44.4 Å². The summed E-state index contributed by atoms with van der Waals surface area (Å²) >= 11 is 25.4.